The zero-order valence-corrected chi connectivity index (χ0v) is 15.5. The SMILES string of the molecule is CCc1ccc(Cl)c(CC2=Cc3c(C)cc(C#N)cc3C2C)c1C. The molecule has 2 aromatic carbocycles. The van der Waals surface area contributed by atoms with Gasteiger partial charge in [-0.05, 0) is 78.3 Å². The van der Waals surface area contributed by atoms with Gasteiger partial charge in [-0.3, -0.25) is 0 Å². The van der Waals surface area contributed by atoms with E-state index in [1.54, 1.807) is 0 Å². The van der Waals surface area contributed by atoms with Crippen LogP contribution >= 0.6 is 11.6 Å². The summed E-state index contributed by atoms with van der Waals surface area (Å²) >= 11 is 6.50. The molecular formula is C22H22ClN. The Labute approximate surface area is 149 Å². The summed E-state index contributed by atoms with van der Waals surface area (Å²) in [4.78, 5) is 0. The standard InChI is InChI=1S/C22H22ClN/c1-5-17-6-7-22(23)21(14(17)3)11-18-10-19-13(2)8-16(12-24)9-20(19)15(18)4/h6-10,15H,5,11H2,1-4H3. The van der Waals surface area contributed by atoms with E-state index in [-0.39, 0.29) is 0 Å². The Hall–Kier alpha value is -2.04. The van der Waals surface area contributed by atoms with Crippen LogP contribution in [0.15, 0.2) is 29.8 Å². The molecule has 2 aromatic rings. The van der Waals surface area contributed by atoms with Crippen molar-refractivity contribution in [3.05, 3.63) is 73.8 Å². The minimum atomic E-state index is 0.327. The summed E-state index contributed by atoms with van der Waals surface area (Å²) in [5, 5.41) is 10.1. The second-order valence-corrected chi connectivity index (χ2v) is 7.10. The first-order chi connectivity index (χ1) is 11.5. The van der Waals surface area contributed by atoms with Gasteiger partial charge in [0.25, 0.3) is 0 Å². The molecule has 24 heavy (non-hydrogen) atoms. The number of rotatable bonds is 3. The van der Waals surface area contributed by atoms with Crippen LogP contribution in [0.25, 0.3) is 6.08 Å². The highest BCUT2D eigenvalue weighted by atomic mass is 35.5. The lowest BCUT2D eigenvalue weighted by atomic mass is 9.89. The molecular weight excluding hydrogens is 314 g/mol. The average Bonchev–Trinajstić information content (AvgIpc) is 2.88. The molecule has 1 aliphatic carbocycles. The molecule has 2 heteroatoms. The third kappa shape index (κ3) is 2.76. The van der Waals surface area contributed by atoms with Crippen molar-refractivity contribution < 1.29 is 0 Å². The second-order valence-electron chi connectivity index (χ2n) is 6.69. The minimum Gasteiger partial charge on any atom is -0.192 e. The van der Waals surface area contributed by atoms with Gasteiger partial charge < -0.3 is 0 Å². The van der Waals surface area contributed by atoms with E-state index in [0.717, 1.165) is 23.4 Å². The largest absolute Gasteiger partial charge is 0.192 e. The van der Waals surface area contributed by atoms with E-state index in [1.807, 2.05) is 18.2 Å². The highest BCUT2D eigenvalue weighted by Crippen LogP contribution is 2.41. The monoisotopic (exact) mass is 335 g/mol. The zero-order valence-electron chi connectivity index (χ0n) is 14.7. The van der Waals surface area contributed by atoms with Gasteiger partial charge in [-0.1, -0.05) is 43.2 Å². The van der Waals surface area contributed by atoms with Crippen LogP contribution in [0.2, 0.25) is 5.02 Å². The van der Waals surface area contributed by atoms with Gasteiger partial charge in [-0.25, -0.2) is 0 Å². The molecule has 3 rings (SSSR count). The number of nitriles is 1. The van der Waals surface area contributed by atoms with E-state index in [4.69, 9.17) is 11.6 Å². The molecule has 1 atom stereocenters. The van der Waals surface area contributed by atoms with Crippen LogP contribution in [0.4, 0.5) is 0 Å². The van der Waals surface area contributed by atoms with E-state index in [2.05, 4.69) is 45.9 Å². The van der Waals surface area contributed by atoms with Gasteiger partial charge in [0.05, 0.1) is 11.6 Å². The van der Waals surface area contributed by atoms with E-state index in [0.29, 0.717) is 5.92 Å². The zero-order chi connectivity index (χ0) is 17.4. The first kappa shape index (κ1) is 16.8. The molecule has 1 nitrogen and oxygen atoms in total. The van der Waals surface area contributed by atoms with Crippen LogP contribution in [-0.4, -0.2) is 0 Å². The van der Waals surface area contributed by atoms with Crippen molar-refractivity contribution in [3.63, 3.8) is 0 Å². The Morgan fingerprint density at radius 2 is 1.96 bits per heavy atom. The van der Waals surface area contributed by atoms with Crippen LogP contribution in [0.5, 0.6) is 0 Å². The van der Waals surface area contributed by atoms with E-state index >= 15 is 0 Å². The fourth-order valence-electron chi connectivity index (χ4n) is 3.74. The molecule has 0 fully saturated rings. The predicted molar refractivity (Wildman–Crippen MR) is 102 cm³/mol. The first-order valence-electron chi connectivity index (χ1n) is 8.48. The van der Waals surface area contributed by atoms with Gasteiger partial charge in [-0.2, -0.15) is 5.26 Å². The van der Waals surface area contributed by atoms with Crippen LogP contribution in [0.1, 0.15) is 58.7 Å². The maximum Gasteiger partial charge on any atom is 0.0991 e. The lowest BCUT2D eigenvalue weighted by Gasteiger charge is -2.16. The lowest BCUT2D eigenvalue weighted by Crippen LogP contribution is -2.02. The Balaban J connectivity index is 2.01. The number of fused-ring (bicyclic) bond motifs is 1. The van der Waals surface area contributed by atoms with Crippen molar-refractivity contribution in [2.75, 3.05) is 0 Å². The summed E-state index contributed by atoms with van der Waals surface area (Å²) in [7, 11) is 0. The fraction of sp³-hybridized carbons (Fsp3) is 0.318. The van der Waals surface area contributed by atoms with Crippen molar-refractivity contribution in [1.82, 2.24) is 0 Å². The van der Waals surface area contributed by atoms with Gasteiger partial charge in [0.2, 0.25) is 0 Å². The summed E-state index contributed by atoms with van der Waals surface area (Å²) < 4.78 is 0. The van der Waals surface area contributed by atoms with Crippen molar-refractivity contribution in [3.8, 4) is 6.07 Å². The van der Waals surface area contributed by atoms with Crippen molar-refractivity contribution in [2.24, 2.45) is 0 Å². The summed E-state index contributed by atoms with van der Waals surface area (Å²) in [5.41, 5.74) is 9.75. The normalized spacial score (nSPS) is 15.8. The quantitative estimate of drug-likeness (QED) is 0.661. The molecule has 1 aliphatic rings. The molecule has 1 unspecified atom stereocenters. The lowest BCUT2D eigenvalue weighted by molar-refractivity contribution is 0.872. The topological polar surface area (TPSA) is 23.8 Å². The molecule has 0 saturated heterocycles. The van der Waals surface area contributed by atoms with Gasteiger partial charge in [0.1, 0.15) is 0 Å². The Morgan fingerprint density at radius 3 is 2.62 bits per heavy atom. The number of hydrogen-bond acceptors (Lipinski definition) is 1. The van der Waals surface area contributed by atoms with Gasteiger partial charge in [0.15, 0.2) is 0 Å². The maximum atomic E-state index is 9.23. The highest BCUT2D eigenvalue weighted by molar-refractivity contribution is 6.31. The number of benzene rings is 2. The molecule has 0 aromatic heterocycles. The first-order valence-corrected chi connectivity index (χ1v) is 8.86. The molecule has 0 amide bonds. The molecule has 0 radical (unpaired) electrons. The molecule has 0 N–H and O–H groups in total. The molecule has 0 spiro atoms. The number of nitrogens with zero attached hydrogens (tertiary/aromatic N) is 1. The van der Waals surface area contributed by atoms with Gasteiger partial charge in [-0.15, -0.1) is 0 Å². The van der Waals surface area contributed by atoms with Crippen molar-refractivity contribution in [2.45, 2.75) is 46.5 Å². The highest BCUT2D eigenvalue weighted by Gasteiger charge is 2.24. The molecule has 0 aliphatic heterocycles. The van der Waals surface area contributed by atoms with E-state index < -0.39 is 0 Å². The van der Waals surface area contributed by atoms with Crippen LogP contribution in [0.3, 0.4) is 0 Å². The van der Waals surface area contributed by atoms with Gasteiger partial charge in [0, 0.05) is 10.9 Å². The third-order valence-electron chi connectivity index (χ3n) is 5.32. The number of aryl methyl sites for hydroxylation is 2. The summed E-state index contributed by atoms with van der Waals surface area (Å²) in [6.07, 6.45) is 4.19. The van der Waals surface area contributed by atoms with Crippen molar-refractivity contribution >= 4 is 17.7 Å². The summed E-state index contributed by atoms with van der Waals surface area (Å²) in [6, 6.07) is 10.4. The number of hydrogen-bond donors (Lipinski definition) is 0. The van der Waals surface area contributed by atoms with Crippen LogP contribution in [0, 0.1) is 25.2 Å². The fourth-order valence-corrected chi connectivity index (χ4v) is 4.01. The second kappa shape index (κ2) is 6.46. The molecule has 0 saturated carbocycles. The van der Waals surface area contributed by atoms with E-state index in [1.165, 1.54) is 39.0 Å². The number of halogens is 1. The summed E-state index contributed by atoms with van der Waals surface area (Å²) in [6.45, 7) is 8.67. The molecule has 122 valence electrons. The van der Waals surface area contributed by atoms with E-state index in [9.17, 15) is 5.26 Å². The smallest absolute Gasteiger partial charge is 0.0991 e. The predicted octanol–water partition coefficient (Wildman–Crippen LogP) is 6.13. The van der Waals surface area contributed by atoms with Crippen LogP contribution in [-0.2, 0) is 12.8 Å². The van der Waals surface area contributed by atoms with Gasteiger partial charge >= 0.3 is 0 Å². The Bertz CT molecular complexity index is 884. The Morgan fingerprint density at radius 1 is 1.21 bits per heavy atom. The summed E-state index contributed by atoms with van der Waals surface area (Å²) in [5.74, 6) is 0.327. The van der Waals surface area contributed by atoms with Crippen LogP contribution < -0.4 is 0 Å². The Kier molecular flexibility index (Phi) is 4.52. The average molecular weight is 336 g/mol. The molecule has 0 heterocycles. The minimum absolute atomic E-state index is 0.327. The maximum absolute atomic E-state index is 9.23. The molecule has 0 bridgehead atoms. The third-order valence-corrected chi connectivity index (χ3v) is 5.67. The number of allylic oxidation sites excluding steroid dienone is 1. The van der Waals surface area contributed by atoms with Crippen molar-refractivity contribution in [1.29, 1.82) is 5.26 Å².